The predicted molar refractivity (Wildman–Crippen MR) is 104 cm³/mol. The van der Waals surface area contributed by atoms with Gasteiger partial charge in [0.2, 0.25) is 10.0 Å². The number of sulfonamides is 1. The monoisotopic (exact) mass is 445 g/mol. The van der Waals surface area contributed by atoms with Crippen LogP contribution in [0.4, 0.5) is 0 Å². The van der Waals surface area contributed by atoms with Crippen LogP contribution in [0.2, 0.25) is 10.0 Å². The first-order chi connectivity index (χ1) is 13.3. The summed E-state index contributed by atoms with van der Waals surface area (Å²) < 4.78 is 42.7. The lowest BCUT2D eigenvalue weighted by molar-refractivity contribution is 0.0725. The molecular weight excluding hydrogens is 429 g/mol. The molecule has 0 saturated carbocycles. The molecule has 1 fully saturated rings. The van der Waals surface area contributed by atoms with Gasteiger partial charge in [-0.3, -0.25) is 0 Å². The first-order valence-corrected chi connectivity index (χ1v) is 10.5. The second-order valence-corrected chi connectivity index (χ2v) is 8.62. The van der Waals surface area contributed by atoms with Crippen molar-refractivity contribution in [3.05, 3.63) is 52.0 Å². The highest BCUT2D eigenvalue weighted by Gasteiger charge is 2.28. The Kier molecular flexibility index (Phi) is 6.47. The van der Waals surface area contributed by atoms with Crippen LogP contribution in [0.5, 0.6) is 11.5 Å². The first-order valence-electron chi connectivity index (χ1n) is 8.26. The quantitative estimate of drug-likeness (QED) is 0.518. The van der Waals surface area contributed by atoms with Crippen LogP contribution in [0.1, 0.15) is 10.4 Å². The average Bonchev–Trinajstić information content (AvgIpc) is 2.70. The summed E-state index contributed by atoms with van der Waals surface area (Å²) in [5.74, 6) is -0.591. The standard InChI is InChI=1S/C18H17Cl2NO6S/c1-25-16-5-3-13(28(23,24)21-6-8-26-9-7-21)11-14(16)18(22)27-17-10-12(19)2-4-15(17)20/h2-5,10-11H,6-9H2,1H3. The topological polar surface area (TPSA) is 82.1 Å². The van der Waals surface area contributed by atoms with Crippen LogP contribution in [-0.4, -0.2) is 52.1 Å². The summed E-state index contributed by atoms with van der Waals surface area (Å²) in [5.41, 5.74) is -0.0483. The molecule has 7 nitrogen and oxygen atoms in total. The molecule has 10 heteroatoms. The van der Waals surface area contributed by atoms with Crippen molar-refractivity contribution in [1.82, 2.24) is 4.31 Å². The van der Waals surface area contributed by atoms with Crippen LogP contribution in [0.25, 0.3) is 0 Å². The number of morpholine rings is 1. The Hall–Kier alpha value is -1.84. The fraction of sp³-hybridized carbons (Fsp3) is 0.278. The molecule has 0 amide bonds. The summed E-state index contributed by atoms with van der Waals surface area (Å²) in [6.45, 7) is 1.12. The number of carbonyl (C=O) groups is 1. The molecule has 0 unspecified atom stereocenters. The number of nitrogens with zero attached hydrogens (tertiary/aromatic N) is 1. The van der Waals surface area contributed by atoms with Gasteiger partial charge in [0.15, 0.2) is 5.75 Å². The van der Waals surface area contributed by atoms with E-state index in [0.29, 0.717) is 18.2 Å². The van der Waals surface area contributed by atoms with Crippen LogP contribution in [-0.2, 0) is 14.8 Å². The van der Waals surface area contributed by atoms with E-state index < -0.39 is 16.0 Å². The van der Waals surface area contributed by atoms with Crippen molar-refractivity contribution in [2.75, 3.05) is 33.4 Å². The molecule has 0 spiro atoms. The van der Waals surface area contributed by atoms with Gasteiger partial charge in [-0.2, -0.15) is 4.31 Å². The number of benzene rings is 2. The molecule has 3 rings (SSSR count). The summed E-state index contributed by atoms with van der Waals surface area (Å²) in [7, 11) is -2.42. The van der Waals surface area contributed by atoms with E-state index in [9.17, 15) is 13.2 Å². The molecule has 2 aromatic carbocycles. The van der Waals surface area contributed by atoms with Crippen molar-refractivity contribution in [2.24, 2.45) is 0 Å². The van der Waals surface area contributed by atoms with Gasteiger partial charge >= 0.3 is 5.97 Å². The van der Waals surface area contributed by atoms with E-state index in [-0.39, 0.29) is 40.1 Å². The molecule has 0 aromatic heterocycles. The zero-order valence-corrected chi connectivity index (χ0v) is 17.2. The minimum absolute atomic E-state index is 0.0423. The fourth-order valence-corrected chi connectivity index (χ4v) is 4.41. The summed E-state index contributed by atoms with van der Waals surface area (Å²) in [6.07, 6.45) is 0. The van der Waals surface area contributed by atoms with Crippen LogP contribution >= 0.6 is 23.2 Å². The number of hydrogen-bond acceptors (Lipinski definition) is 6. The highest BCUT2D eigenvalue weighted by molar-refractivity contribution is 7.89. The normalized spacial score (nSPS) is 15.2. The molecular formula is C18H17Cl2NO6S. The molecule has 0 radical (unpaired) electrons. The third-order valence-electron chi connectivity index (χ3n) is 4.09. The summed E-state index contributed by atoms with van der Waals surface area (Å²) >= 11 is 11.9. The Balaban J connectivity index is 1.94. The second-order valence-electron chi connectivity index (χ2n) is 5.84. The van der Waals surface area contributed by atoms with Gasteiger partial charge in [0.1, 0.15) is 11.3 Å². The van der Waals surface area contributed by atoms with Crippen molar-refractivity contribution >= 4 is 39.2 Å². The number of esters is 1. The van der Waals surface area contributed by atoms with Gasteiger partial charge in [-0.1, -0.05) is 23.2 Å². The van der Waals surface area contributed by atoms with Crippen LogP contribution in [0.3, 0.4) is 0 Å². The Labute approximate surface area is 172 Å². The van der Waals surface area contributed by atoms with Gasteiger partial charge in [0.25, 0.3) is 0 Å². The van der Waals surface area contributed by atoms with E-state index in [0.717, 1.165) is 0 Å². The van der Waals surface area contributed by atoms with Crippen molar-refractivity contribution in [2.45, 2.75) is 4.90 Å². The maximum atomic E-state index is 12.9. The SMILES string of the molecule is COc1ccc(S(=O)(=O)N2CCOCC2)cc1C(=O)Oc1cc(Cl)ccc1Cl. The molecule has 1 aliphatic rings. The maximum Gasteiger partial charge on any atom is 0.347 e. The molecule has 1 heterocycles. The van der Waals surface area contributed by atoms with E-state index in [4.69, 9.17) is 37.4 Å². The smallest absolute Gasteiger partial charge is 0.347 e. The number of rotatable bonds is 5. The Morgan fingerprint density at radius 3 is 2.46 bits per heavy atom. The number of carbonyl (C=O) groups excluding carboxylic acids is 1. The van der Waals surface area contributed by atoms with Crippen molar-refractivity contribution in [1.29, 1.82) is 0 Å². The maximum absolute atomic E-state index is 12.9. The van der Waals surface area contributed by atoms with Gasteiger partial charge < -0.3 is 14.2 Å². The van der Waals surface area contributed by atoms with Crippen molar-refractivity contribution in [3.8, 4) is 11.5 Å². The van der Waals surface area contributed by atoms with Gasteiger partial charge in [0, 0.05) is 24.2 Å². The number of halogens is 2. The molecule has 0 N–H and O–H groups in total. The van der Waals surface area contributed by atoms with Crippen LogP contribution in [0.15, 0.2) is 41.3 Å². The molecule has 0 bridgehead atoms. The Morgan fingerprint density at radius 1 is 1.07 bits per heavy atom. The molecule has 150 valence electrons. The van der Waals surface area contributed by atoms with Crippen LogP contribution in [0, 0.1) is 0 Å². The lowest BCUT2D eigenvalue weighted by Gasteiger charge is -2.26. The van der Waals surface area contributed by atoms with Crippen molar-refractivity contribution in [3.63, 3.8) is 0 Å². The predicted octanol–water partition coefficient (Wildman–Crippen LogP) is 3.24. The largest absolute Gasteiger partial charge is 0.496 e. The van der Waals surface area contributed by atoms with Crippen molar-refractivity contribution < 1.29 is 27.4 Å². The van der Waals surface area contributed by atoms with Crippen LogP contribution < -0.4 is 9.47 Å². The highest BCUT2D eigenvalue weighted by Crippen LogP contribution is 2.31. The second kappa shape index (κ2) is 8.67. The minimum atomic E-state index is -3.79. The zero-order valence-electron chi connectivity index (χ0n) is 14.9. The third-order valence-corrected chi connectivity index (χ3v) is 6.54. The summed E-state index contributed by atoms with van der Waals surface area (Å²) in [4.78, 5) is 12.6. The Bertz CT molecular complexity index is 990. The minimum Gasteiger partial charge on any atom is -0.496 e. The number of methoxy groups -OCH3 is 1. The van der Waals surface area contributed by atoms with E-state index in [1.54, 1.807) is 6.07 Å². The van der Waals surface area contributed by atoms with E-state index >= 15 is 0 Å². The van der Waals surface area contributed by atoms with Gasteiger partial charge in [-0.05, 0) is 30.3 Å². The summed E-state index contributed by atoms with van der Waals surface area (Å²) in [6, 6.07) is 8.45. The van der Waals surface area contributed by atoms with E-state index in [1.165, 1.54) is 41.7 Å². The molecule has 28 heavy (non-hydrogen) atoms. The molecule has 0 atom stereocenters. The third kappa shape index (κ3) is 4.42. The lowest BCUT2D eigenvalue weighted by Crippen LogP contribution is -2.40. The highest BCUT2D eigenvalue weighted by atomic mass is 35.5. The Morgan fingerprint density at radius 2 is 1.79 bits per heavy atom. The molecule has 1 aliphatic heterocycles. The van der Waals surface area contributed by atoms with Gasteiger partial charge in [-0.25, -0.2) is 13.2 Å². The summed E-state index contributed by atoms with van der Waals surface area (Å²) in [5, 5.41) is 0.525. The number of ether oxygens (including phenoxy) is 3. The molecule has 0 aliphatic carbocycles. The van der Waals surface area contributed by atoms with E-state index in [2.05, 4.69) is 0 Å². The van der Waals surface area contributed by atoms with Gasteiger partial charge in [0.05, 0.1) is 30.2 Å². The van der Waals surface area contributed by atoms with Gasteiger partial charge in [-0.15, -0.1) is 0 Å². The first kappa shape index (κ1) is 20.9. The molecule has 2 aromatic rings. The zero-order chi connectivity index (χ0) is 20.3. The lowest BCUT2D eigenvalue weighted by atomic mass is 10.2. The van der Waals surface area contributed by atoms with E-state index in [1.807, 2.05) is 0 Å². The number of hydrogen-bond donors (Lipinski definition) is 0. The average molecular weight is 446 g/mol. The fourth-order valence-electron chi connectivity index (χ4n) is 2.65. The molecule has 1 saturated heterocycles.